The van der Waals surface area contributed by atoms with Crippen LogP contribution in [0.25, 0.3) is 11.3 Å². The van der Waals surface area contributed by atoms with Gasteiger partial charge >= 0.3 is 0 Å². The second kappa shape index (κ2) is 6.92. The normalized spacial score (nSPS) is 17.6. The third-order valence-electron chi connectivity index (χ3n) is 4.18. The highest BCUT2D eigenvalue weighted by molar-refractivity contribution is 5.68. The molecule has 1 aliphatic rings. The molecule has 7 nitrogen and oxygen atoms in total. The molecule has 128 valence electrons. The van der Waals surface area contributed by atoms with Crippen molar-refractivity contribution in [2.75, 3.05) is 25.4 Å². The van der Waals surface area contributed by atoms with Gasteiger partial charge in [0.05, 0.1) is 12.3 Å². The smallest absolute Gasteiger partial charge is 0.293 e. The molecule has 1 saturated heterocycles. The number of aromatic hydroxyl groups is 1. The van der Waals surface area contributed by atoms with E-state index in [4.69, 9.17) is 10.5 Å². The van der Waals surface area contributed by atoms with Crippen molar-refractivity contribution < 1.29 is 9.84 Å². The van der Waals surface area contributed by atoms with Crippen LogP contribution in [-0.2, 0) is 0 Å². The fourth-order valence-corrected chi connectivity index (χ4v) is 2.98. The predicted octanol–water partition coefficient (Wildman–Crippen LogP) is 1.52. The molecule has 1 unspecified atom stereocenters. The molecule has 4 N–H and O–H groups in total. The number of rotatable bonds is 4. The van der Waals surface area contributed by atoms with Gasteiger partial charge in [0.2, 0.25) is 0 Å². The van der Waals surface area contributed by atoms with E-state index in [1.54, 1.807) is 29.0 Å². The highest BCUT2D eigenvalue weighted by Crippen LogP contribution is 2.32. The zero-order chi connectivity index (χ0) is 17.1. The molecule has 2 heterocycles. The molecule has 1 aromatic carbocycles. The third-order valence-corrected chi connectivity index (χ3v) is 4.18. The van der Waals surface area contributed by atoms with Gasteiger partial charge in [0.1, 0.15) is 11.5 Å². The first kappa shape index (κ1) is 16.3. The summed E-state index contributed by atoms with van der Waals surface area (Å²) in [5.74, 6) is 0.624. The zero-order valence-corrected chi connectivity index (χ0v) is 13.7. The van der Waals surface area contributed by atoms with Crippen LogP contribution in [0, 0.1) is 0 Å². The molecule has 0 amide bonds. The number of nitrogens with zero attached hydrogens (tertiary/aromatic N) is 2. The van der Waals surface area contributed by atoms with Crippen molar-refractivity contribution in [3.8, 4) is 22.8 Å². The van der Waals surface area contributed by atoms with Gasteiger partial charge in [-0.25, -0.2) is 4.98 Å². The minimum absolute atomic E-state index is 0.0347. The summed E-state index contributed by atoms with van der Waals surface area (Å²) in [6.45, 7) is 4.08. The van der Waals surface area contributed by atoms with Crippen molar-refractivity contribution >= 4 is 5.82 Å². The van der Waals surface area contributed by atoms with E-state index >= 15 is 0 Å². The van der Waals surface area contributed by atoms with E-state index in [1.165, 1.54) is 0 Å². The van der Waals surface area contributed by atoms with Gasteiger partial charge in [0, 0.05) is 24.3 Å². The summed E-state index contributed by atoms with van der Waals surface area (Å²) in [5, 5.41) is 13.5. The van der Waals surface area contributed by atoms with Crippen molar-refractivity contribution in [1.29, 1.82) is 0 Å². The second-order valence-electron chi connectivity index (χ2n) is 5.84. The lowest BCUT2D eigenvalue weighted by Gasteiger charge is -2.25. The molecule has 0 aliphatic carbocycles. The van der Waals surface area contributed by atoms with Gasteiger partial charge in [0.15, 0.2) is 5.82 Å². The molecule has 1 aliphatic heterocycles. The number of aromatic nitrogens is 2. The molecule has 3 rings (SSSR count). The summed E-state index contributed by atoms with van der Waals surface area (Å²) in [6, 6.07) is 4.98. The highest BCUT2D eigenvalue weighted by atomic mass is 16.5. The maximum absolute atomic E-state index is 12.4. The maximum Gasteiger partial charge on any atom is 0.293 e. The van der Waals surface area contributed by atoms with Crippen LogP contribution in [0.1, 0.15) is 25.8 Å². The van der Waals surface area contributed by atoms with Crippen LogP contribution in [0.2, 0.25) is 0 Å². The van der Waals surface area contributed by atoms with Crippen LogP contribution >= 0.6 is 0 Å². The number of piperidine rings is 1. The summed E-state index contributed by atoms with van der Waals surface area (Å²) in [4.78, 5) is 16.5. The Morgan fingerprint density at radius 3 is 3.04 bits per heavy atom. The quantitative estimate of drug-likeness (QED) is 0.785. The van der Waals surface area contributed by atoms with Crippen LogP contribution in [0.4, 0.5) is 5.82 Å². The highest BCUT2D eigenvalue weighted by Gasteiger charge is 2.19. The Morgan fingerprint density at radius 2 is 2.33 bits per heavy atom. The van der Waals surface area contributed by atoms with E-state index in [2.05, 4.69) is 10.3 Å². The molecule has 2 aromatic rings. The number of ether oxygens (including phenoxy) is 1. The van der Waals surface area contributed by atoms with E-state index in [0.717, 1.165) is 19.4 Å². The van der Waals surface area contributed by atoms with Crippen LogP contribution in [0.5, 0.6) is 11.5 Å². The van der Waals surface area contributed by atoms with Gasteiger partial charge in [-0.05, 0) is 44.5 Å². The lowest BCUT2D eigenvalue weighted by molar-refractivity contribution is 0.339. The predicted molar refractivity (Wildman–Crippen MR) is 92.3 cm³/mol. The zero-order valence-electron chi connectivity index (χ0n) is 13.7. The average Bonchev–Trinajstić information content (AvgIpc) is 2.60. The molecule has 1 fully saturated rings. The van der Waals surface area contributed by atoms with Crippen LogP contribution in [0.15, 0.2) is 29.2 Å². The van der Waals surface area contributed by atoms with E-state index in [-0.39, 0.29) is 23.2 Å². The molecule has 0 saturated carbocycles. The summed E-state index contributed by atoms with van der Waals surface area (Å²) in [5.41, 5.74) is 6.48. The van der Waals surface area contributed by atoms with E-state index < -0.39 is 0 Å². The van der Waals surface area contributed by atoms with Crippen LogP contribution < -0.4 is 21.3 Å². The third kappa shape index (κ3) is 3.21. The topological polar surface area (TPSA) is 102 Å². The minimum atomic E-state index is -0.298. The average molecular weight is 330 g/mol. The first-order valence-electron chi connectivity index (χ1n) is 8.15. The van der Waals surface area contributed by atoms with Crippen molar-refractivity contribution in [3.63, 3.8) is 0 Å². The first-order chi connectivity index (χ1) is 11.6. The van der Waals surface area contributed by atoms with Gasteiger partial charge in [-0.15, -0.1) is 0 Å². The molecule has 0 spiro atoms. The number of benzene rings is 1. The lowest BCUT2D eigenvalue weighted by atomic mass is 10.1. The number of nitrogens with one attached hydrogen (secondary N) is 1. The number of nitrogen functional groups attached to an aromatic ring is 1. The molecule has 24 heavy (non-hydrogen) atoms. The van der Waals surface area contributed by atoms with Gasteiger partial charge in [-0.3, -0.25) is 4.79 Å². The Labute approximate surface area is 140 Å². The maximum atomic E-state index is 12.4. The van der Waals surface area contributed by atoms with Crippen molar-refractivity contribution in [2.24, 2.45) is 0 Å². The van der Waals surface area contributed by atoms with E-state index in [0.29, 0.717) is 30.2 Å². The van der Waals surface area contributed by atoms with E-state index in [9.17, 15) is 9.90 Å². The Hall–Kier alpha value is -2.54. The molecule has 1 atom stereocenters. The number of nitrogens with two attached hydrogens (primary N) is 1. The van der Waals surface area contributed by atoms with Crippen molar-refractivity contribution in [1.82, 2.24) is 14.9 Å². The molecular formula is C17H22N4O3. The van der Waals surface area contributed by atoms with Crippen LogP contribution in [-0.4, -0.2) is 34.4 Å². The number of phenols is 1. The van der Waals surface area contributed by atoms with Crippen molar-refractivity contribution in [3.05, 3.63) is 34.7 Å². The second-order valence-corrected chi connectivity index (χ2v) is 5.84. The van der Waals surface area contributed by atoms with Gasteiger partial charge in [-0.2, -0.15) is 0 Å². The Balaban J connectivity index is 2.07. The lowest BCUT2D eigenvalue weighted by Crippen LogP contribution is -2.37. The summed E-state index contributed by atoms with van der Waals surface area (Å²) < 4.78 is 7.10. The first-order valence-corrected chi connectivity index (χ1v) is 8.15. The van der Waals surface area contributed by atoms with Gasteiger partial charge in [0.25, 0.3) is 5.56 Å². The monoisotopic (exact) mass is 330 g/mol. The van der Waals surface area contributed by atoms with Gasteiger partial charge < -0.3 is 25.5 Å². The van der Waals surface area contributed by atoms with E-state index in [1.807, 2.05) is 6.92 Å². The number of anilines is 1. The molecule has 0 bridgehead atoms. The number of hydrogen-bond donors (Lipinski definition) is 3. The summed E-state index contributed by atoms with van der Waals surface area (Å²) in [6.07, 6.45) is 3.57. The SMILES string of the molecule is CCOc1ccc(O)c(-c2cn(C3CCCNC3)c(=O)c(N)n2)c1. The Bertz CT molecular complexity index is 782. The van der Waals surface area contributed by atoms with Gasteiger partial charge in [-0.1, -0.05) is 0 Å². The minimum Gasteiger partial charge on any atom is -0.507 e. The summed E-state index contributed by atoms with van der Waals surface area (Å²) in [7, 11) is 0. The fourth-order valence-electron chi connectivity index (χ4n) is 2.98. The summed E-state index contributed by atoms with van der Waals surface area (Å²) >= 11 is 0. The number of hydrogen-bond acceptors (Lipinski definition) is 6. The molecule has 1 aromatic heterocycles. The van der Waals surface area contributed by atoms with Crippen LogP contribution in [0.3, 0.4) is 0 Å². The molecular weight excluding hydrogens is 308 g/mol. The molecule has 0 radical (unpaired) electrons. The fraction of sp³-hybridized carbons (Fsp3) is 0.412. The largest absolute Gasteiger partial charge is 0.507 e. The number of phenolic OH excluding ortho intramolecular Hbond substituents is 1. The Morgan fingerprint density at radius 1 is 1.50 bits per heavy atom. The van der Waals surface area contributed by atoms with Crippen molar-refractivity contribution in [2.45, 2.75) is 25.8 Å². The Kier molecular flexibility index (Phi) is 4.71. The standard InChI is InChI=1S/C17H22N4O3/c1-2-24-12-5-6-15(22)13(8-12)14-10-21(17(23)16(18)20-14)11-4-3-7-19-9-11/h5-6,8,10-11,19,22H,2-4,7,9H2,1H3,(H2,18,20). The molecule has 7 heteroatoms.